The summed E-state index contributed by atoms with van der Waals surface area (Å²) < 4.78 is 0. The number of rotatable bonds is 2. The lowest BCUT2D eigenvalue weighted by Gasteiger charge is -2.11. The van der Waals surface area contributed by atoms with E-state index in [4.69, 9.17) is 17.3 Å². The second kappa shape index (κ2) is 4.23. The molecule has 0 radical (unpaired) electrons. The highest BCUT2D eigenvalue weighted by Crippen LogP contribution is 2.28. The molecule has 1 aromatic heterocycles. The zero-order valence-electron chi connectivity index (χ0n) is 7.85. The van der Waals surface area contributed by atoms with E-state index in [9.17, 15) is 5.11 Å². The average Bonchev–Trinajstić information content (AvgIpc) is 2.74. The Balaban J connectivity index is 2.34. The maximum atomic E-state index is 9.29. The molecule has 0 aliphatic heterocycles. The molecule has 0 aliphatic carbocycles. The van der Waals surface area contributed by atoms with Gasteiger partial charge in [-0.15, -0.1) is 0 Å². The van der Waals surface area contributed by atoms with Crippen LogP contribution in [0.5, 0.6) is 5.75 Å². The molecular formula is C11H10ClNOS. The molecule has 1 atom stereocenters. The smallest absolute Gasteiger partial charge is 0.134 e. The van der Waals surface area contributed by atoms with Crippen molar-refractivity contribution in [2.45, 2.75) is 6.04 Å². The van der Waals surface area contributed by atoms with Crippen molar-refractivity contribution < 1.29 is 5.11 Å². The minimum atomic E-state index is -0.186. The highest BCUT2D eigenvalue weighted by Gasteiger charge is 2.10. The number of hydrogen-bond acceptors (Lipinski definition) is 3. The molecule has 0 bridgehead atoms. The van der Waals surface area contributed by atoms with Gasteiger partial charge in [-0.3, -0.25) is 0 Å². The van der Waals surface area contributed by atoms with E-state index in [0.29, 0.717) is 5.02 Å². The highest BCUT2D eigenvalue weighted by atomic mass is 35.5. The molecule has 2 aromatic rings. The number of phenols is 1. The maximum Gasteiger partial charge on any atom is 0.134 e. The topological polar surface area (TPSA) is 46.2 Å². The molecule has 0 amide bonds. The third-order valence-corrected chi connectivity index (χ3v) is 3.24. The van der Waals surface area contributed by atoms with Crippen LogP contribution in [-0.2, 0) is 0 Å². The van der Waals surface area contributed by atoms with Crippen molar-refractivity contribution in [2.24, 2.45) is 5.73 Å². The molecule has 0 spiro atoms. The van der Waals surface area contributed by atoms with E-state index in [-0.39, 0.29) is 11.8 Å². The lowest BCUT2D eigenvalue weighted by Crippen LogP contribution is -2.10. The van der Waals surface area contributed by atoms with Crippen molar-refractivity contribution in [3.05, 3.63) is 51.2 Å². The van der Waals surface area contributed by atoms with Crippen LogP contribution in [0.25, 0.3) is 0 Å². The van der Waals surface area contributed by atoms with Crippen LogP contribution < -0.4 is 5.73 Å². The van der Waals surface area contributed by atoms with E-state index in [0.717, 1.165) is 11.1 Å². The van der Waals surface area contributed by atoms with Gasteiger partial charge in [0.15, 0.2) is 0 Å². The number of phenolic OH excluding ortho intramolecular Hbond substituents is 1. The van der Waals surface area contributed by atoms with E-state index in [2.05, 4.69) is 0 Å². The van der Waals surface area contributed by atoms with E-state index in [1.165, 1.54) is 0 Å². The van der Waals surface area contributed by atoms with Gasteiger partial charge in [0, 0.05) is 0 Å². The zero-order chi connectivity index (χ0) is 10.8. The second-order valence-electron chi connectivity index (χ2n) is 3.25. The van der Waals surface area contributed by atoms with Crippen LogP contribution in [0.4, 0.5) is 0 Å². The van der Waals surface area contributed by atoms with Gasteiger partial charge < -0.3 is 10.8 Å². The van der Waals surface area contributed by atoms with Gasteiger partial charge >= 0.3 is 0 Å². The molecule has 0 fully saturated rings. The summed E-state index contributed by atoms with van der Waals surface area (Å²) >= 11 is 7.42. The van der Waals surface area contributed by atoms with E-state index < -0.39 is 0 Å². The summed E-state index contributed by atoms with van der Waals surface area (Å²) in [7, 11) is 0. The van der Waals surface area contributed by atoms with Crippen LogP contribution in [-0.4, -0.2) is 5.11 Å². The Hall–Kier alpha value is -1.03. The molecule has 1 aromatic carbocycles. The number of benzene rings is 1. The second-order valence-corrected chi connectivity index (χ2v) is 4.43. The highest BCUT2D eigenvalue weighted by molar-refractivity contribution is 7.08. The van der Waals surface area contributed by atoms with Gasteiger partial charge in [0.2, 0.25) is 0 Å². The molecule has 2 nitrogen and oxygen atoms in total. The Morgan fingerprint density at radius 3 is 2.67 bits per heavy atom. The molecule has 0 aliphatic rings. The lowest BCUT2D eigenvalue weighted by atomic mass is 10.0. The van der Waals surface area contributed by atoms with Crippen molar-refractivity contribution in [1.29, 1.82) is 0 Å². The molecule has 3 N–H and O–H groups in total. The van der Waals surface area contributed by atoms with E-state index in [1.54, 1.807) is 29.5 Å². The molecule has 15 heavy (non-hydrogen) atoms. The molecule has 0 saturated heterocycles. The number of thiophene rings is 1. The number of aromatic hydroxyl groups is 1. The Bertz CT molecular complexity index is 456. The first-order chi connectivity index (χ1) is 7.18. The predicted molar refractivity (Wildman–Crippen MR) is 63.5 cm³/mol. The first kappa shape index (κ1) is 10.5. The Morgan fingerprint density at radius 2 is 2.07 bits per heavy atom. The van der Waals surface area contributed by atoms with Crippen LogP contribution >= 0.6 is 22.9 Å². The Labute approximate surface area is 96.9 Å². The average molecular weight is 240 g/mol. The Morgan fingerprint density at radius 1 is 1.27 bits per heavy atom. The zero-order valence-corrected chi connectivity index (χ0v) is 9.42. The summed E-state index contributed by atoms with van der Waals surface area (Å²) in [6, 6.07) is 6.83. The van der Waals surface area contributed by atoms with E-state index in [1.807, 2.05) is 16.8 Å². The fraction of sp³-hybridized carbons (Fsp3) is 0.0909. The minimum absolute atomic E-state index is 0.0814. The number of halogens is 1. The standard InChI is InChI=1S/C11H10ClNOS/c12-9-5-7(1-2-10(9)14)11(13)8-3-4-15-6-8/h1-6,11,14H,13H2/t11-/m0/s1. The van der Waals surface area contributed by atoms with Gasteiger partial charge in [-0.25, -0.2) is 0 Å². The molecule has 78 valence electrons. The van der Waals surface area contributed by atoms with Crippen LogP contribution in [0, 0.1) is 0 Å². The molecule has 2 rings (SSSR count). The normalized spacial score (nSPS) is 12.7. The quantitative estimate of drug-likeness (QED) is 0.846. The fourth-order valence-corrected chi connectivity index (χ4v) is 2.25. The van der Waals surface area contributed by atoms with Crippen molar-refractivity contribution in [3.63, 3.8) is 0 Å². The first-order valence-corrected chi connectivity index (χ1v) is 5.76. The minimum Gasteiger partial charge on any atom is -0.506 e. The van der Waals surface area contributed by atoms with E-state index >= 15 is 0 Å². The van der Waals surface area contributed by atoms with Crippen molar-refractivity contribution in [2.75, 3.05) is 0 Å². The number of hydrogen-bond donors (Lipinski definition) is 2. The molecule has 4 heteroatoms. The summed E-state index contributed by atoms with van der Waals surface area (Å²) in [5, 5.41) is 13.6. The van der Waals surface area contributed by atoms with Gasteiger partial charge in [-0.2, -0.15) is 11.3 Å². The van der Waals surface area contributed by atoms with Gasteiger partial charge in [0.25, 0.3) is 0 Å². The summed E-state index contributed by atoms with van der Waals surface area (Å²) in [6.45, 7) is 0. The van der Waals surface area contributed by atoms with Crippen LogP contribution in [0.3, 0.4) is 0 Å². The third-order valence-electron chi connectivity index (χ3n) is 2.23. The summed E-state index contributed by atoms with van der Waals surface area (Å²) in [4.78, 5) is 0. The van der Waals surface area contributed by atoms with Crippen molar-refractivity contribution in [1.82, 2.24) is 0 Å². The maximum absolute atomic E-state index is 9.29. The van der Waals surface area contributed by atoms with Gasteiger partial charge in [-0.1, -0.05) is 17.7 Å². The van der Waals surface area contributed by atoms with Gasteiger partial charge in [0.1, 0.15) is 5.75 Å². The molecule has 0 unspecified atom stereocenters. The first-order valence-electron chi connectivity index (χ1n) is 4.44. The molecule has 0 saturated carbocycles. The van der Waals surface area contributed by atoms with Crippen molar-refractivity contribution >= 4 is 22.9 Å². The fourth-order valence-electron chi connectivity index (χ4n) is 1.36. The summed E-state index contributed by atoms with van der Waals surface area (Å²) in [5.41, 5.74) is 8.00. The largest absolute Gasteiger partial charge is 0.506 e. The van der Waals surface area contributed by atoms with Crippen molar-refractivity contribution in [3.8, 4) is 5.75 Å². The number of nitrogens with two attached hydrogens (primary N) is 1. The van der Waals surface area contributed by atoms with Crippen LogP contribution in [0.2, 0.25) is 5.02 Å². The van der Waals surface area contributed by atoms with Gasteiger partial charge in [0.05, 0.1) is 11.1 Å². The Kier molecular flexibility index (Phi) is 2.95. The van der Waals surface area contributed by atoms with Gasteiger partial charge in [-0.05, 0) is 40.1 Å². The molecular weight excluding hydrogens is 230 g/mol. The summed E-state index contributed by atoms with van der Waals surface area (Å²) in [5.74, 6) is 0.0814. The molecule has 1 heterocycles. The third kappa shape index (κ3) is 2.15. The summed E-state index contributed by atoms with van der Waals surface area (Å²) in [6.07, 6.45) is 0. The van der Waals surface area contributed by atoms with Crippen LogP contribution in [0.15, 0.2) is 35.0 Å². The monoisotopic (exact) mass is 239 g/mol. The van der Waals surface area contributed by atoms with Crippen LogP contribution in [0.1, 0.15) is 17.2 Å². The lowest BCUT2D eigenvalue weighted by molar-refractivity contribution is 0.475. The predicted octanol–water partition coefficient (Wildman–Crippen LogP) is 3.16. The SMILES string of the molecule is N[C@H](c1ccsc1)c1ccc(O)c(Cl)c1.